The van der Waals surface area contributed by atoms with Gasteiger partial charge in [-0.3, -0.25) is 4.79 Å². The summed E-state index contributed by atoms with van der Waals surface area (Å²) in [6.07, 6.45) is 9.80. The van der Waals surface area contributed by atoms with Crippen molar-refractivity contribution in [1.29, 1.82) is 0 Å². The highest BCUT2D eigenvalue weighted by atomic mass is 16.1. The lowest BCUT2D eigenvalue weighted by atomic mass is 9.61. The molecule has 0 unspecified atom stereocenters. The summed E-state index contributed by atoms with van der Waals surface area (Å²) in [5, 5.41) is 4.30. The fourth-order valence-electron chi connectivity index (χ4n) is 5.10. The Hall–Kier alpha value is -1.81. The zero-order valence-corrected chi connectivity index (χ0v) is 15.4. The quantitative estimate of drug-likeness (QED) is 0.888. The van der Waals surface area contributed by atoms with Gasteiger partial charge < -0.3 is 15.6 Å². The van der Waals surface area contributed by atoms with Crippen molar-refractivity contribution >= 4 is 16.8 Å². The highest BCUT2D eigenvalue weighted by Crippen LogP contribution is 2.49. The molecule has 2 aromatic rings. The molecule has 0 atom stereocenters. The predicted molar refractivity (Wildman–Crippen MR) is 102 cm³/mol. The lowest BCUT2D eigenvalue weighted by Crippen LogP contribution is -2.43. The van der Waals surface area contributed by atoms with E-state index in [1.165, 1.54) is 44.1 Å². The monoisotopic (exact) mass is 339 g/mol. The molecule has 2 bridgehead atoms. The Morgan fingerprint density at radius 2 is 1.92 bits per heavy atom. The maximum Gasteiger partial charge on any atom is 0.253 e. The Kier molecular flexibility index (Phi) is 4.11. The van der Waals surface area contributed by atoms with Crippen LogP contribution in [0.1, 0.15) is 60.0 Å². The summed E-state index contributed by atoms with van der Waals surface area (Å²) >= 11 is 0. The lowest BCUT2D eigenvalue weighted by Gasteiger charge is -2.46. The molecule has 1 aromatic heterocycles. The SMILES string of the molecule is Cc1cc(C)c2c(C(=O)NCC34CCC(CC3)CC4)cn(CN)c2c1. The average molecular weight is 339 g/mol. The highest BCUT2D eigenvalue weighted by Gasteiger charge is 2.40. The van der Waals surface area contributed by atoms with E-state index in [1.807, 2.05) is 10.8 Å². The van der Waals surface area contributed by atoms with Gasteiger partial charge in [-0.2, -0.15) is 0 Å². The minimum Gasteiger partial charge on any atom is -0.351 e. The molecular weight excluding hydrogens is 310 g/mol. The Bertz CT molecular complexity index is 798. The molecule has 0 radical (unpaired) electrons. The van der Waals surface area contributed by atoms with Gasteiger partial charge in [0.2, 0.25) is 0 Å². The number of hydrogen-bond donors (Lipinski definition) is 2. The third-order valence-corrected chi connectivity index (χ3v) is 6.64. The second kappa shape index (κ2) is 6.17. The molecule has 3 saturated carbocycles. The van der Waals surface area contributed by atoms with Gasteiger partial charge in [0, 0.05) is 18.1 Å². The second-order valence-corrected chi connectivity index (χ2v) is 8.34. The third kappa shape index (κ3) is 2.86. The first-order valence-electron chi connectivity index (χ1n) is 9.60. The Balaban J connectivity index is 1.60. The van der Waals surface area contributed by atoms with Gasteiger partial charge in [-0.1, -0.05) is 6.07 Å². The molecular formula is C21H29N3O. The molecule has 4 nitrogen and oxygen atoms in total. The number of nitrogens with two attached hydrogens (primary N) is 1. The topological polar surface area (TPSA) is 60.0 Å². The normalized spacial score (nSPS) is 25.5. The van der Waals surface area contributed by atoms with Gasteiger partial charge in [-0.15, -0.1) is 0 Å². The van der Waals surface area contributed by atoms with Gasteiger partial charge in [-0.05, 0) is 80.9 Å². The van der Waals surface area contributed by atoms with E-state index in [9.17, 15) is 4.79 Å². The summed E-state index contributed by atoms with van der Waals surface area (Å²) in [4.78, 5) is 13.0. The molecule has 5 rings (SSSR count). The van der Waals surface area contributed by atoms with Crippen LogP contribution in [0.15, 0.2) is 18.3 Å². The van der Waals surface area contributed by atoms with Crippen LogP contribution in [0.2, 0.25) is 0 Å². The minimum absolute atomic E-state index is 0.0474. The van der Waals surface area contributed by atoms with Crippen LogP contribution in [0.4, 0.5) is 0 Å². The molecule has 1 heterocycles. The molecule has 134 valence electrons. The first-order valence-corrected chi connectivity index (χ1v) is 9.60. The maximum atomic E-state index is 13.0. The van der Waals surface area contributed by atoms with E-state index in [0.717, 1.165) is 34.5 Å². The van der Waals surface area contributed by atoms with Crippen molar-refractivity contribution in [2.24, 2.45) is 17.1 Å². The zero-order valence-electron chi connectivity index (χ0n) is 15.4. The van der Waals surface area contributed by atoms with E-state index in [0.29, 0.717) is 12.1 Å². The van der Waals surface area contributed by atoms with Crippen molar-refractivity contribution in [2.75, 3.05) is 6.54 Å². The first kappa shape index (κ1) is 16.6. The summed E-state index contributed by atoms with van der Waals surface area (Å²) in [7, 11) is 0. The van der Waals surface area contributed by atoms with Gasteiger partial charge in [-0.25, -0.2) is 0 Å². The number of rotatable bonds is 4. The van der Waals surface area contributed by atoms with E-state index in [4.69, 9.17) is 5.73 Å². The molecule has 3 N–H and O–H groups in total. The number of amides is 1. The average Bonchev–Trinajstić information content (AvgIpc) is 3.00. The predicted octanol–water partition coefficient (Wildman–Crippen LogP) is 3.87. The van der Waals surface area contributed by atoms with Crippen LogP contribution in [-0.4, -0.2) is 17.0 Å². The van der Waals surface area contributed by atoms with Gasteiger partial charge in [0.1, 0.15) is 0 Å². The largest absolute Gasteiger partial charge is 0.351 e. The molecule has 3 fully saturated rings. The van der Waals surface area contributed by atoms with Crippen LogP contribution in [0, 0.1) is 25.2 Å². The van der Waals surface area contributed by atoms with Crippen LogP contribution >= 0.6 is 0 Å². The highest BCUT2D eigenvalue weighted by molar-refractivity contribution is 6.08. The second-order valence-electron chi connectivity index (χ2n) is 8.34. The van der Waals surface area contributed by atoms with Crippen LogP contribution in [-0.2, 0) is 6.67 Å². The Morgan fingerprint density at radius 1 is 1.24 bits per heavy atom. The summed E-state index contributed by atoms with van der Waals surface area (Å²) < 4.78 is 1.98. The molecule has 4 heteroatoms. The van der Waals surface area contributed by atoms with Gasteiger partial charge >= 0.3 is 0 Å². The van der Waals surface area contributed by atoms with E-state index < -0.39 is 0 Å². The zero-order chi connectivity index (χ0) is 17.6. The van der Waals surface area contributed by atoms with Crippen molar-refractivity contribution < 1.29 is 4.79 Å². The summed E-state index contributed by atoms with van der Waals surface area (Å²) in [6, 6.07) is 4.26. The van der Waals surface area contributed by atoms with Gasteiger partial charge in [0.25, 0.3) is 5.91 Å². The first-order chi connectivity index (χ1) is 12.0. The molecule has 25 heavy (non-hydrogen) atoms. The molecule has 3 aliphatic rings. The maximum absolute atomic E-state index is 13.0. The van der Waals surface area contributed by atoms with E-state index in [1.54, 1.807) is 0 Å². The van der Waals surface area contributed by atoms with E-state index in [2.05, 4.69) is 31.3 Å². The number of aryl methyl sites for hydroxylation is 2. The molecule has 1 amide bonds. The smallest absolute Gasteiger partial charge is 0.253 e. The standard InChI is InChI=1S/C21H29N3O/c1-14-9-15(2)19-17(11-24(13-22)18(19)10-14)20(25)23-12-21-6-3-16(4-7-21)5-8-21/h9-11,16H,3-8,12-13,22H2,1-2H3,(H,23,25). The van der Waals surface area contributed by atoms with Crippen molar-refractivity contribution in [1.82, 2.24) is 9.88 Å². The van der Waals surface area contributed by atoms with Crippen LogP contribution in [0.25, 0.3) is 10.9 Å². The Labute approximate surface area is 149 Å². The number of nitrogens with zero attached hydrogens (tertiary/aromatic N) is 1. The number of carbonyl (C=O) groups is 1. The van der Waals surface area contributed by atoms with Crippen molar-refractivity contribution in [3.63, 3.8) is 0 Å². The van der Waals surface area contributed by atoms with Crippen LogP contribution < -0.4 is 11.1 Å². The summed E-state index contributed by atoms with van der Waals surface area (Å²) in [6.45, 7) is 5.36. The van der Waals surface area contributed by atoms with E-state index >= 15 is 0 Å². The lowest BCUT2D eigenvalue weighted by molar-refractivity contribution is 0.0598. The number of fused-ring (bicyclic) bond motifs is 4. The molecule has 3 aliphatic carbocycles. The molecule has 0 saturated heterocycles. The van der Waals surface area contributed by atoms with E-state index in [-0.39, 0.29) is 5.91 Å². The minimum atomic E-state index is 0.0474. The van der Waals surface area contributed by atoms with Gasteiger partial charge in [0.15, 0.2) is 0 Å². The Morgan fingerprint density at radius 3 is 2.56 bits per heavy atom. The summed E-state index contributed by atoms with van der Waals surface area (Å²) in [5.41, 5.74) is 10.4. The van der Waals surface area contributed by atoms with Crippen molar-refractivity contribution in [3.05, 3.63) is 35.0 Å². The number of benzene rings is 1. The fraction of sp³-hybridized carbons (Fsp3) is 0.571. The summed E-state index contributed by atoms with van der Waals surface area (Å²) in [5.74, 6) is 0.997. The number of aromatic nitrogens is 1. The van der Waals surface area contributed by atoms with Crippen LogP contribution in [0.3, 0.4) is 0 Å². The van der Waals surface area contributed by atoms with Crippen molar-refractivity contribution in [2.45, 2.75) is 59.0 Å². The number of nitrogens with one attached hydrogen (secondary N) is 1. The number of carbonyl (C=O) groups excluding carboxylic acids is 1. The molecule has 0 spiro atoms. The fourth-order valence-corrected chi connectivity index (χ4v) is 5.10. The molecule has 1 aromatic carbocycles. The third-order valence-electron chi connectivity index (χ3n) is 6.64. The van der Waals surface area contributed by atoms with Gasteiger partial charge in [0.05, 0.1) is 17.7 Å². The van der Waals surface area contributed by atoms with Crippen molar-refractivity contribution in [3.8, 4) is 0 Å². The number of hydrogen-bond acceptors (Lipinski definition) is 2. The molecule has 0 aliphatic heterocycles. The van der Waals surface area contributed by atoms with Crippen LogP contribution in [0.5, 0.6) is 0 Å².